The van der Waals surface area contributed by atoms with Gasteiger partial charge in [-0.2, -0.15) is 0 Å². The second kappa shape index (κ2) is 7.76. The molecule has 1 amide bonds. The summed E-state index contributed by atoms with van der Waals surface area (Å²) in [6.07, 6.45) is 1.62. The summed E-state index contributed by atoms with van der Waals surface area (Å²) < 4.78 is 1.61. The lowest BCUT2D eigenvalue weighted by Crippen LogP contribution is -2.13. The lowest BCUT2D eigenvalue weighted by Gasteiger charge is -2.10. The second-order valence-electron chi connectivity index (χ2n) is 7.17. The molecule has 0 aliphatic heterocycles. The van der Waals surface area contributed by atoms with Crippen LogP contribution in [0.2, 0.25) is 0 Å². The molecule has 6 nitrogen and oxygen atoms in total. The Morgan fingerprint density at radius 1 is 0.839 bits per heavy atom. The average molecular weight is 405 g/mol. The fourth-order valence-electron chi connectivity index (χ4n) is 3.55. The maximum Gasteiger partial charge on any atom is 0.277 e. The fourth-order valence-corrected chi connectivity index (χ4v) is 3.55. The van der Waals surface area contributed by atoms with Crippen LogP contribution in [0.15, 0.2) is 97.2 Å². The second-order valence-corrected chi connectivity index (χ2v) is 7.17. The van der Waals surface area contributed by atoms with E-state index in [9.17, 15) is 4.79 Å². The number of hydrogen-bond donors (Lipinski definition) is 2. The third-order valence-electron chi connectivity index (χ3n) is 5.15. The number of amides is 1. The monoisotopic (exact) mass is 405 g/mol. The standard InChI is InChI=1S/C25H19N5O/c26-21-14-13-19(17-7-2-1-3-8-17)15-22(21)27-25(31)23-16-30(29-28-23)24-12-6-10-18-9-4-5-11-20(18)24/h1-16H,26H2,(H,27,31). The number of nitrogen functional groups attached to an aromatic ring is 1. The zero-order valence-corrected chi connectivity index (χ0v) is 16.6. The van der Waals surface area contributed by atoms with Crippen molar-refractivity contribution >= 4 is 28.1 Å². The summed E-state index contributed by atoms with van der Waals surface area (Å²) in [5, 5.41) is 13.2. The summed E-state index contributed by atoms with van der Waals surface area (Å²) in [6, 6.07) is 29.4. The number of hydrogen-bond acceptors (Lipinski definition) is 4. The highest BCUT2D eigenvalue weighted by molar-refractivity contribution is 6.04. The smallest absolute Gasteiger partial charge is 0.277 e. The molecule has 0 atom stereocenters. The van der Waals surface area contributed by atoms with Crippen molar-refractivity contribution in [3.05, 3.63) is 103 Å². The van der Waals surface area contributed by atoms with Gasteiger partial charge in [-0.25, -0.2) is 4.68 Å². The van der Waals surface area contributed by atoms with Crippen molar-refractivity contribution < 1.29 is 4.79 Å². The molecular weight excluding hydrogens is 386 g/mol. The average Bonchev–Trinajstić information content (AvgIpc) is 3.31. The van der Waals surface area contributed by atoms with E-state index in [4.69, 9.17) is 5.73 Å². The first-order valence-corrected chi connectivity index (χ1v) is 9.86. The van der Waals surface area contributed by atoms with Crippen LogP contribution in [0.3, 0.4) is 0 Å². The van der Waals surface area contributed by atoms with Gasteiger partial charge >= 0.3 is 0 Å². The lowest BCUT2D eigenvalue weighted by atomic mass is 10.0. The minimum Gasteiger partial charge on any atom is -0.397 e. The largest absolute Gasteiger partial charge is 0.397 e. The van der Waals surface area contributed by atoms with E-state index in [1.807, 2.05) is 84.9 Å². The summed E-state index contributed by atoms with van der Waals surface area (Å²) in [4.78, 5) is 12.8. The molecule has 0 saturated carbocycles. The first kappa shape index (κ1) is 18.6. The molecule has 0 unspecified atom stereocenters. The van der Waals surface area contributed by atoms with E-state index in [0.717, 1.165) is 27.6 Å². The van der Waals surface area contributed by atoms with Gasteiger partial charge in [0.15, 0.2) is 5.69 Å². The Bertz CT molecular complexity index is 1390. The Hall–Kier alpha value is -4.45. The number of nitrogens with two attached hydrogens (primary N) is 1. The molecule has 6 heteroatoms. The predicted molar refractivity (Wildman–Crippen MR) is 123 cm³/mol. The van der Waals surface area contributed by atoms with E-state index >= 15 is 0 Å². The van der Waals surface area contributed by atoms with Crippen LogP contribution in [-0.2, 0) is 0 Å². The molecule has 0 bridgehead atoms. The van der Waals surface area contributed by atoms with Crippen molar-refractivity contribution in [3.63, 3.8) is 0 Å². The molecule has 5 rings (SSSR count). The topological polar surface area (TPSA) is 85.8 Å². The number of benzene rings is 4. The minimum atomic E-state index is -0.372. The minimum absolute atomic E-state index is 0.206. The highest BCUT2D eigenvalue weighted by atomic mass is 16.2. The van der Waals surface area contributed by atoms with Crippen LogP contribution in [0.1, 0.15) is 10.5 Å². The van der Waals surface area contributed by atoms with Gasteiger partial charge in [-0.3, -0.25) is 4.79 Å². The molecule has 0 aliphatic rings. The first-order chi connectivity index (χ1) is 15.2. The number of nitrogens with one attached hydrogen (secondary N) is 1. The van der Waals surface area contributed by atoms with Crippen molar-refractivity contribution in [1.82, 2.24) is 15.0 Å². The molecular formula is C25H19N5O. The molecule has 0 fully saturated rings. The van der Waals surface area contributed by atoms with Crippen molar-refractivity contribution in [2.24, 2.45) is 0 Å². The fraction of sp³-hybridized carbons (Fsp3) is 0. The van der Waals surface area contributed by atoms with Crippen LogP contribution in [0.25, 0.3) is 27.6 Å². The SMILES string of the molecule is Nc1ccc(-c2ccccc2)cc1NC(=O)c1cn(-c2cccc3ccccc23)nn1. The molecule has 31 heavy (non-hydrogen) atoms. The molecule has 150 valence electrons. The number of aromatic nitrogens is 3. The van der Waals surface area contributed by atoms with Crippen LogP contribution >= 0.6 is 0 Å². The Balaban J connectivity index is 1.43. The van der Waals surface area contributed by atoms with Gasteiger partial charge in [0.1, 0.15) is 0 Å². The molecule has 0 radical (unpaired) electrons. The van der Waals surface area contributed by atoms with Crippen LogP contribution in [0.4, 0.5) is 11.4 Å². The highest BCUT2D eigenvalue weighted by Crippen LogP contribution is 2.27. The zero-order valence-electron chi connectivity index (χ0n) is 16.6. The van der Waals surface area contributed by atoms with Gasteiger partial charge in [-0.1, -0.05) is 78.0 Å². The van der Waals surface area contributed by atoms with Gasteiger partial charge in [-0.15, -0.1) is 5.10 Å². The predicted octanol–water partition coefficient (Wildman–Crippen LogP) is 4.92. The molecule has 1 aromatic heterocycles. The maximum atomic E-state index is 12.8. The van der Waals surface area contributed by atoms with Crippen molar-refractivity contribution in [3.8, 4) is 16.8 Å². The Morgan fingerprint density at radius 3 is 2.48 bits per heavy atom. The van der Waals surface area contributed by atoms with E-state index in [-0.39, 0.29) is 11.6 Å². The molecule has 0 spiro atoms. The van der Waals surface area contributed by atoms with Gasteiger partial charge in [0, 0.05) is 5.39 Å². The van der Waals surface area contributed by atoms with Crippen LogP contribution < -0.4 is 11.1 Å². The van der Waals surface area contributed by atoms with E-state index in [0.29, 0.717) is 11.4 Å². The summed E-state index contributed by atoms with van der Waals surface area (Å²) in [5.74, 6) is -0.372. The van der Waals surface area contributed by atoms with Crippen LogP contribution in [-0.4, -0.2) is 20.9 Å². The highest BCUT2D eigenvalue weighted by Gasteiger charge is 2.15. The van der Waals surface area contributed by atoms with Crippen molar-refractivity contribution in [2.75, 3.05) is 11.1 Å². The Kier molecular flexibility index (Phi) is 4.65. The van der Waals surface area contributed by atoms with Gasteiger partial charge < -0.3 is 11.1 Å². The number of rotatable bonds is 4. The van der Waals surface area contributed by atoms with E-state index < -0.39 is 0 Å². The quantitative estimate of drug-likeness (QED) is 0.416. The van der Waals surface area contributed by atoms with Gasteiger partial charge in [0.2, 0.25) is 0 Å². The van der Waals surface area contributed by atoms with Gasteiger partial charge in [-0.05, 0) is 34.7 Å². The molecule has 5 aromatic rings. The number of nitrogens with zero attached hydrogens (tertiary/aromatic N) is 3. The summed E-state index contributed by atoms with van der Waals surface area (Å²) in [7, 11) is 0. The van der Waals surface area contributed by atoms with Crippen LogP contribution in [0.5, 0.6) is 0 Å². The maximum absolute atomic E-state index is 12.8. The van der Waals surface area contributed by atoms with E-state index in [1.54, 1.807) is 16.9 Å². The Labute approximate surface area is 178 Å². The van der Waals surface area contributed by atoms with Crippen molar-refractivity contribution in [2.45, 2.75) is 0 Å². The Morgan fingerprint density at radius 2 is 1.61 bits per heavy atom. The first-order valence-electron chi connectivity index (χ1n) is 9.86. The third-order valence-corrected chi connectivity index (χ3v) is 5.15. The zero-order chi connectivity index (χ0) is 21.2. The number of anilines is 2. The third kappa shape index (κ3) is 3.62. The number of carbonyl (C=O) groups excluding carboxylic acids is 1. The van der Waals surface area contributed by atoms with E-state index in [2.05, 4.69) is 15.6 Å². The van der Waals surface area contributed by atoms with E-state index in [1.165, 1.54) is 0 Å². The summed E-state index contributed by atoms with van der Waals surface area (Å²) in [6.45, 7) is 0. The molecule has 1 heterocycles. The lowest BCUT2D eigenvalue weighted by molar-refractivity contribution is 0.102. The molecule has 0 aliphatic carbocycles. The normalized spacial score (nSPS) is 10.8. The van der Waals surface area contributed by atoms with Crippen molar-refractivity contribution in [1.29, 1.82) is 0 Å². The van der Waals surface area contributed by atoms with Gasteiger partial charge in [0.25, 0.3) is 5.91 Å². The summed E-state index contributed by atoms with van der Waals surface area (Å²) in [5.41, 5.74) is 10.2. The molecule has 4 aromatic carbocycles. The number of carbonyl (C=O) groups is 1. The molecule has 0 saturated heterocycles. The van der Waals surface area contributed by atoms with Gasteiger partial charge in [0.05, 0.1) is 23.3 Å². The molecule has 3 N–H and O–H groups in total. The summed E-state index contributed by atoms with van der Waals surface area (Å²) >= 11 is 0. The number of fused-ring (bicyclic) bond motifs is 1. The van der Waals surface area contributed by atoms with Crippen LogP contribution in [0, 0.1) is 0 Å².